The Morgan fingerprint density at radius 1 is 1.55 bits per heavy atom. The van der Waals surface area contributed by atoms with Gasteiger partial charge in [0, 0.05) is 17.1 Å². The molecule has 0 spiro atoms. The molecule has 5 nitrogen and oxygen atoms in total. The van der Waals surface area contributed by atoms with Crippen LogP contribution in [0.25, 0.3) is 0 Å². The van der Waals surface area contributed by atoms with Crippen molar-refractivity contribution >= 4 is 23.3 Å². The van der Waals surface area contributed by atoms with Crippen LogP contribution in [-0.4, -0.2) is 41.6 Å². The fourth-order valence-corrected chi connectivity index (χ4v) is 3.45. The summed E-state index contributed by atoms with van der Waals surface area (Å²) in [7, 11) is 0. The van der Waals surface area contributed by atoms with Crippen LogP contribution >= 0.6 is 11.8 Å². The fourth-order valence-electron chi connectivity index (χ4n) is 2.82. The number of thioether (sulfide) groups is 1. The highest BCUT2D eigenvalue weighted by Crippen LogP contribution is 2.35. The molecule has 4 N–H and O–H groups in total. The maximum absolute atomic E-state index is 9.62. The highest BCUT2D eigenvalue weighted by molar-refractivity contribution is 7.98. The monoisotopic (exact) mass is 295 g/mol. The van der Waals surface area contributed by atoms with Crippen LogP contribution in [0.15, 0.2) is 28.3 Å². The molecule has 1 fully saturated rings. The van der Waals surface area contributed by atoms with Gasteiger partial charge in [-0.15, -0.1) is 11.8 Å². The fraction of sp³-hybridized carbons (Fsp3) is 0.500. The Morgan fingerprint density at radius 2 is 2.30 bits per heavy atom. The molecule has 2 unspecified atom stereocenters. The van der Waals surface area contributed by atoms with Crippen molar-refractivity contribution in [3.8, 4) is 0 Å². The second-order valence-corrected chi connectivity index (χ2v) is 5.90. The normalized spacial score (nSPS) is 23.4. The lowest BCUT2D eigenvalue weighted by Crippen LogP contribution is -2.36. The smallest absolute Gasteiger partial charge is 0.173 e. The summed E-state index contributed by atoms with van der Waals surface area (Å²) in [6.07, 6.45) is 2.99. The highest BCUT2D eigenvalue weighted by atomic mass is 32.2. The van der Waals surface area contributed by atoms with E-state index in [9.17, 15) is 5.11 Å². The van der Waals surface area contributed by atoms with Crippen LogP contribution in [0.5, 0.6) is 0 Å². The highest BCUT2D eigenvalue weighted by Gasteiger charge is 2.32. The molecule has 0 aliphatic carbocycles. The summed E-state index contributed by atoms with van der Waals surface area (Å²) in [4.78, 5) is 3.13. The molecule has 20 heavy (non-hydrogen) atoms. The maximum atomic E-state index is 9.62. The van der Waals surface area contributed by atoms with E-state index < -0.39 is 0 Å². The van der Waals surface area contributed by atoms with Crippen molar-refractivity contribution in [2.75, 3.05) is 24.3 Å². The topological polar surface area (TPSA) is 82.1 Å². The zero-order valence-electron chi connectivity index (χ0n) is 11.8. The number of amidine groups is 1. The zero-order chi connectivity index (χ0) is 14.7. The van der Waals surface area contributed by atoms with Gasteiger partial charge >= 0.3 is 0 Å². The van der Waals surface area contributed by atoms with Crippen LogP contribution < -0.4 is 10.6 Å². The molecule has 2 atom stereocenters. The summed E-state index contributed by atoms with van der Waals surface area (Å²) in [5.74, 6) is 0.541. The first kappa shape index (κ1) is 15.0. The maximum Gasteiger partial charge on any atom is 0.173 e. The third-order valence-electron chi connectivity index (χ3n) is 3.97. The van der Waals surface area contributed by atoms with Gasteiger partial charge in [-0.05, 0) is 30.7 Å². The number of oxime groups is 1. The Kier molecular flexibility index (Phi) is 4.77. The standard InChI is InChI=1S/C14H21N3O2S/c1-9-6-7-17(11(9)8-18)10-4-3-5-12(20-2)13(10)14(15)16-19/h3-5,9,11,18-19H,6-8H2,1-2H3,(H2,15,16). The first-order chi connectivity index (χ1) is 9.63. The Balaban J connectivity index is 2.51. The van der Waals surface area contributed by atoms with Crippen molar-refractivity contribution < 1.29 is 10.3 Å². The third kappa shape index (κ3) is 2.58. The molecule has 1 saturated heterocycles. The van der Waals surface area contributed by atoms with Gasteiger partial charge in [-0.2, -0.15) is 0 Å². The van der Waals surface area contributed by atoms with Gasteiger partial charge in [0.2, 0.25) is 0 Å². The molecule has 6 heteroatoms. The number of hydrogen-bond acceptors (Lipinski definition) is 5. The molecule has 1 aliphatic rings. The Labute approximate surface area is 123 Å². The van der Waals surface area contributed by atoms with Crippen molar-refractivity contribution in [3.05, 3.63) is 23.8 Å². The quantitative estimate of drug-likeness (QED) is 0.259. The van der Waals surface area contributed by atoms with Gasteiger partial charge < -0.3 is 20.9 Å². The predicted octanol–water partition coefficient (Wildman–Crippen LogP) is 1.71. The van der Waals surface area contributed by atoms with E-state index in [4.69, 9.17) is 10.9 Å². The molecule has 0 amide bonds. The largest absolute Gasteiger partial charge is 0.409 e. The lowest BCUT2D eigenvalue weighted by atomic mass is 10.0. The van der Waals surface area contributed by atoms with E-state index in [1.54, 1.807) is 11.8 Å². The van der Waals surface area contributed by atoms with Crippen LogP contribution in [0.2, 0.25) is 0 Å². The number of nitrogens with zero attached hydrogens (tertiary/aromatic N) is 2. The molecule has 1 aromatic carbocycles. The Hall–Kier alpha value is -1.40. The Morgan fingerprint density at radius 3 is 2.90 bits per heavy atom. The molecule has 0 aromatic heterocycles. The van der Waals surface area contributed by atoms with Crippen LogP contribution in [0.1, 0.15) is 18.9 Å². The first-order valence-corrected chi connectivity index (χ1v) is 7.88. The molecule has 2 rings (SSSR count). The van der Waals surface area contributed by atoms with Crippen LogP contribution in [-0.2, 0) is 0 Å². The minimum Gasteiger partial charge on any atom is -0.409 e. The molecule has 0 bridgehead atoms. The second-order valence-electron chi connectivity index (χ2n) is 5.05. The van der Waals surface area contributed by atoms with Crippen LogP contribution in [0.3, 0.4) is 0 Å². The molecule has 1 aliphatic heterocycles. The number of aliphatic hydroxyl groups is 1. The van der Waals surface area contributed by atoms with Crippen LogP contribution in [0.4, 0.5) is 5.69 Å². The lowest BCUT2D eigenvalue weighted by molar-refractivity contribution is 0.244. The van der Waals surface area contributed by atoms with E-state index >= 15 is 0 Å². The van der Waals surface area contributed by atoms with E-state index in [0.717, 1.165) is 29.1 Å². The summed E-state index contributed by atoms with van der Waals surface area (Å²) < 4.78 is 0. The van der Waals surface area contributed by atoms with E-state index in [-0.39, 0.29) is 18.5 Å². The summed E-state index contributed by atoms with van der Waals surface area (Å²) >= 11 is 1.56. The summed E-state index contributed by atoms with van der Waals surface area (Å²) in [5.41, 5.74) is 7.53. The number of rotatable bonds is 4. The van der Waals surface area contributed by atoms with Gasteiger partial charge in [-0.1, -0.05) is 18.1 Å². The van der Waals surface area contributed by atoms with E-state index in [2.05, 4.69) is 17.0 Å². The van der Waals surface area contributed by atoms with Gasteiger partial charge in [-0.25, -0.2) is 0 Å². The first-order valence-electron chi connectivity index (χ1n) is 6.66. The van der Waals surface area contributed by atoms with Gasteiger partial charge in [0.05, 0.1) is 18.2 Å². The minimum absolute atomic E-state index is 0.0809. The van der Waals surface area contributed by atoms with E-state index in [1.165, 1.54) is 0 Å². The van der Waals surface area contributed by atoms with Crippen molar-refractivity contribution in [1.29, 1.82) is 0 Å². The zero-order valence-corrected chi connectivity index (χ0v) is 12.6. The average molecular weight is 295 g/mol. The number of hydrogen-bond donors (Lipinski definition) is 3. The van der Waals surface area contributed by atoms with Crippen LogP contribution in [0, 0.1) is 5.92 Å². The van der Waals surface area contributed by atoms with Gasteiger partial charge in [0.15, 0.2) is 5.84 Å². The van der Waals surface area contributed by atoms with Gasteiger partial charge in [0.1, 0.15) is 0 Å². The predicted molar refractivity (Wildman–Crippen MR) is 82.7 cm³/mol. The molecular weight excluding hydrogens is 274 g/mol. The summed E-state index contributed by atoms with van der Waals surface area (Å²) in [5, 5.41) is 21.8. The molecule has 1 heterocycles. The Bertz CT molecular complexity index is 507. The number of nitrogens with two attached hydrogens (primary N) is 1. The molecule has 0 radical (unpaired) electrons. The van der Waals surface area contributed by atoms with E-state index in [0.29, 0.717) is 5.92 Å². The van der Waals surface area contributed by atoms with E-state index in [1.807, 2.05) is 24.5 Å². The molecule has 1 aromatic rings. The van der Waals surface area contributed by atoms with Crippen molar-refractivity contribution in [2.45, 2.75) is 24.3 Å². The number of aliphatic hydroxyl groups excluding tert-OH is 1. The number of anilines is 1. The average Bonchev–Trinajstić information content (AvgIpc) is 2.86. The van der Waals surface area contributed by atoms with Crippen molar-refractivity contribution in [2.24, 2.45) is 16.8 Å². The van der Waals surface area contributed by atoms with Crippen molar-refractivity contribution in [1.82, 2.24) is 0 Å². The lowest BCUT2D eigenvalue weighted by Gasteiger charge is -2.29. The van der Waals surface area contributed by atoms with Gasteiger partial charge in [-0.3, -0.25) is 0 Å². The second kappa shape index (κ2) is 6.37. The molecular formula is C14H21N3O2S. The third-order valence-corrected chi connectivity index (χ3v) is 4.75. The molecule has 110 valence electrons. The number of benzene rings is 1. The summed E-state index contributed by atoms with van der Waals surface area (Å²) in [6, 6.07) is 5.97. The summed E-state index contributed by atoms with van der Waals surface area (Å²) in [6.45, 7) is 3.12. The van der Waals surface area contributed by atoms with Crippen molar-refractivity contribution in [3.63, 3.8) is 0 Å². The van der Waals surface area contributed by atoms with Gasteiger partial charge in [0.25, 0.3) is 0 Å². The minimum atomic E-state index is 0.0809. The SMILES string of the molecule is CSc1cccc(N2CCC(C)C2CO)c1/C(N)=N/O. The molecule has 0 saturated carbocycles.